The van der Waals surface area contributed by atoms with Crippen molar-refractivity contribution in [3.63, 3.8) is 0 Å². The van der Waals surface area contributed by atoms with Crippen molar-refractivity contribution in [2.45, 2.75) is 18.8 Å². The maximum Gasteiger partial charge on any atom is 0.282 e. The molecule has 3 aromatic rings. The number of piperidine rings is 1. The van der Waals surface area contributed by atoms with Gasteiger partial charge in [0.25, 0.3) is 11.6 Å². The first kappa shape index (κ1) is 20.0. The third-order valence-electron chi connectivity index (χ3n) is 5.24. The number of carbonyl (C=O) groups excluding carboxylic acids is 1. The average Bonchev–Trinajstić information content (AvgIpc) is 3.28. The lowest BCUT2D eigenvalue weighted by Crippen LogP contribution is -2.38. The number of nitro benzene ring substituents is 1. The van der Waals surface area contributed by atoms with Gasteiger partial charge in [0.15, 0.2) is 5.01 Å². The van der Waals surface area contributed by atoms with Crippen molar-refractivity contribution in [3.8, 4) is 16.3 Å². The van der Waals surface area contributed by atoms with Crippen LogP contribution in [-0.4, -0.2) is 46.1 Å². The summed E-state index contributed by atoms with van der Waals surface area (Å²) in [7, 11) is 1.63. The van der Waals surface area contributed by atoms with Gasteiger partial charge in [-0.15, -0.1) is 10.2 Å². The van der Waals surface area contributed by atoms with Gasteiger partial charge in [-0.1, -0.05) is 35.6 Å². The molecule has 0 spiro atoms. The van der Waals surface area contributed by atoms with Gasteiger partial charge in [-0.3, -0.25) is 14.9 Å². The van der Waals surface area contributed by atoms with Crippen molar-refractivity contribution in [1.82, 2.24) is 15.1 Å². The number of ether oxygens (including phenoxy) is 1. The Morgan fingerprint density at radius 1 is 1.13 bits per heavy atom. The molecule has 1 fully saturated rings. The zero-order valence-electron chi connectivity index (χ0n) is 16.4. The van der Waals surface area contributed by atoms with Crippen molar-refractivity contribution in [2.75, 3.05) is 20.2 Å². The van der Waals surface area contributed by atoms with Crippen LogP contribution in [0.25, 0.3) is 10.6 Å². The van der Waals surface area contributed by atoms with Crippen molar-refractivity contribution in [3.05, 3.63) is 69.2 Å². The Kier molecular flexibility index (Phi) is 5.71. The fourth-order valence-corrected chi connectivity index (χ4v) is 4.69. The smallest absolute Gasteiger partial charge is 0.282 e. The highest BCUT2D eigenvalue weighted by atomic mass is 32.1. The van der Waals surface area contributed by atoms with Crippen LogP contribution >= 0.6 is 11.3 Å². The topological polar surface area (TPSA) is 98.5 Å². The monoisotopic (exact) mass is 424 g/mol. The molecule has 30 heavy (non-hydrogen) atoms. The van der Waals surface area contributed by atoms with Crippen LogP contribution in [0, 0.1) is 10.1 Å². The van der Waals surface area contributed by atoms with Gasteiger partial charge in [0.1, 0.15) is 16.3 Å². The molecule has 0 N–H and O–H groups in total. The molecule has 1 aliphatic rings. The van der Waals surface area contributed by atoms with Gasteiger partial charge in [-0.2, -0.15) is 0 Å². The predicted molar refractivity (Wildman–Crippen MR) is 113 cm³/mol. The van der Waals surface area contributed by atoms with Gasteiger partial charge < -0.3 is 9.64 Å². The van der Waals surface area contributed by atoms with Gasteiger partial charge in [-0.05, 0) is 31.0 Å². The molecule has 0 aliphatic carbocycles. The molecule has 2 heterocycles. The molecule has 0 unspecified atom stereocenters. The molecule has 4 rings (SSSR count). The summed E-state index contributed by atoms with van der Waals surface area (Å²) < 4.78 is 5.41. The summed E-state index contributed by atoms with van der Waals surface area (Å²) >= 11 is 1.54. The average molecular weight is 424 g/mol. The van der Waals surface area contributed by atoms with E-state index in [0.717, 1.165) is 34.2 Å². The molecule has 1 amide bonds. The lowest BCUT2D eigenvalue weighted by atomic mass is 9.97. The summed E-state index contributed by atoms with van der Waals surface area (Å²) in [5.74, 6) is 0.665. The minimum absolute atomic E-state index is 0.135. The summed E-state index contributed by atoms with van der Waals surface area (Å²) in [4.78, 5) is 25.2. The Hall–Kier alpha value is -3.33. The fourth-order valence-electron chi connectivity index (χ4n) is 3.64. The van der Waals surface area contributed by atoms with Crippen molar-refractivity contribution < 1.29 is 14.5 Å². The number of aromatic nitrogens is 2. The summed E-state index contributed by atoms with van der Waals surface area (Å²) in [6.07, 6.45) is 1.49. The Balaban J connectivity index is 1.45. The first-order valence-corrected chi connectivity index (χ1v) is 10.4. The first-order valence-electron chi connectivity index (χ1n) is 9.58. The van der Waals surface area contributed by atoms with E-state index < -0.39 is 4.92 Å². The maximum atomic E-state index is 12.8. The molecular formula is C21H20N4O4S. The number of nitrogens with zero attached hydrogens (tertiary/aromatic N) is 4. The van der Waals surface area contributed by atoms with E-state index in [4.69, 9.17) is 4.74 Å². The Labute approximate surface area is 177 Å². The highest BCUT2D eigenvalue weighted by Gasteiger charge is 2.30. The highest BCUT2D eigenvalue weighted by Crippen LogP contribution is 2.37. The largest absolute Gasteiger partial charge is 0.496 e. The molecular weight excluding hydrogens is 404 g/mol. The van der Waals surface area contributed by atoms with Gasteiger partial charge in [-0.25, -0.2) is 0 Å². The van der Waals surface area contributed by atoms with Crippen molar-refractivity contribution in [1.29, 1.82) is 0 Å². The van der Waals surface area contributed by atoms with E-state index in [0.29, 0.717) is 13.1 Å². The summed E-state index contributed by atoms with van der Waals surface area (Å²) in [5.41, 5.74) is 0.887. The Morgan fingerprint density at radius 3 is 2.57 bits per heavy atom. The van der Waals surface area contributed by atoms with Crippen molar-refractivity contribution >= 4 is 22.9 Å². The lowest BCUT2D eigenvalue weighted by Gasteiger charge is -2.30. The minimum atomic E-state index is -0.513. The first-order chi connectivity index (χ1) is 14.6. The number of benzene rings is 2. The van der Waals surface area contributed by atoms with Crippen molar-refractivity contribution in [2.24, 2.45) is 0 Å². The van der Waals surface area contributed by atoms with Crippen LogP contribution in [0.15, 0.2) is 48.5 Å². The molecule has 8 nitrogen and oxygen atoms in total. The van der Waals surface area contributed by atoms with Gasteiger partial charge in [0, 0.05) is 25.1 Å². The van der Waals surface area contributed by atoms with Gasteiger partial charge >= 0.3 is 0 Å². The van der Waals surface area contributed by atoms with Crippen LogP contribution in [-0.2, 0) is 0 Å². The van der Waals surface area contributed by atoms with Crippen LogP contribution in [0.1, 0.15) is 34.1 Å². The molecule has 1 saturated heterocycles. The maximum absolute atomic E-state index is 12.8. The number of likely N-dealkylation sites (tertiary alicyclic amines) is 1. The standard InChI is InChI=1S/C21H20N4O4S/c1-29-18-9-5-3-7-16(18)20-23-22-19(30-20)14-10-12-24(13-11-14)21(26)15-6-2-4-8-17(15)25(27)28/h2-9,14H,10-13H2,1H3. The number of hydrogen-bond acceptors (Lipinski definition) is 7. The van der Waals surface area contributed by atoms with Crippen LogP contribution in [0.5, 0.6) is 5.75 Å². The van der Waals surface area contributed by atoms with E-state index >= 15 is 0 Å². The SMILES string of the molecule is COc1ccccc1-c1nnc(C2CCN(C(=O)c3ccccc3[N+](=O)[O-])CC2)s1. The van der Waals surface area contributed by atoms with Crippen LogP contribution in [0.2, 0.25) is 0 Å². The van der Waals surface area contributed by atoms with Crippen LogP contribution in [0.4, 0.5) is 5.69 Å². The highest BCUT2D eigenvalue weighted by molar-refractivity contribution is 7.14. The third kappa shape index (κ3) is 3.88. The number of rotatable bonds is 5. The molecule has 2 aromatic carbocycles. The second kappa shape index (κ2) is 8.58. The molecule has 9 heteroatoms. The number of nitro groups is 1. The quantitative estimate of drug-likeness (QED) is 0.451. The molecule has 0 saturated carbocycles. The fraction of sp³-hybridized carbons (Fsp3) is 0.286. The van der Waals surface area contributed by atoms with Gasteiger partial charge in [0.05, 0.1) is 17.6 Å². The molecule has 1 aliphatic heterocycles. The number of methoxy groups -OCH3 is 1. The normalized spacial score (nSPS) is 14.5. The number of carbonyl (C=O) groups is 1. The zero-order chi connectivity index (χ0) is 21.1. The molecule has 1 aromatic heterocycles. The Morgan fingerprint density at radius 2 is 1.83 bits per heavy atom. The number of hydrogen-bond donors (Lipinski definition) is 0. The lowest BCUT2D eigenvalue weighted by molar-refractivity contribution is -0.385. The van der Waals surface area contributed by atoms with E-state index in [9.17, 15) is 14.9 Å². The summed E-state index contributed by atoms with van der Waals surface area (Å²) in [6.45, 7) is 1.05. The number of amides is 1. The molecule has 0 atom stereocenters. The number of para-hydroxylation sites is 2. The zero-order valence-corrected chi connectivity index (χ0v) is 17.2. The van der Waals surface area contributed by atoms with E-state index in [2.05, 4.69) is 10.2 Å². The predicted octanol–water partition coefficient (Wildman–Crippen LogP) is 4.14. The van der Waals surface area contributed by atoms with E-state index in [1.54, 1.807) is 24.1 Å². The Bertz CT molecular complexity index is 1080. The van der Waals surface area contributed by atoms with Gasteiger partial charge in [0.2, 0.25) is 0 Å². The molecule has 0 bridgehead atoms. The summed E-state index contributed by atoms with van der Waals surface area (Å²) in [6, 6.07) is 13.8. The summed E-state index contributed by atoms with van der Waals surface area (Å²) in [5, 5.41) is 21.7. The minimum Gasteiger partial charge on any atom is -0.496 e. The second-order valence-corrected chi connectivity index (χ2v) is 8.00. The molecule has 154 valence electrons. The second-order valence-electron chi connectivity index (χ2n) is 6.99. The third-order valence-corrected chi connectivity index (χ3v) is 6.36. The van der Waals surface area contributed by atoms with Crippen LogP contribution < -0.4 is 4.74 Å². The van der Waals surface area contributed by atoms with E-state index in [1.807, 2.05) is 24.3 Å². The van der Waals surface area contributed by atoms with E-state index in [-0.39, 0.29) is 23.1 Å². The van der Waals surface area contributed by atoms with E-state index in [1.165, 1.54) is 23.5 Å². The molecule has 0 radical (unpaired) electrons. The van der Waals surface area contributed by atoms with Crippen LogP contribution in [0.3, 0.4) is 0 Å².